The molecule has 6 nitrogen and oxygen atoms in total. The number of thiazole rings is 1. The third-order valence-electron chi connectivity index (χ3n) is 3.47. The Morgan fingerprint density at radius 1 is 1.32 bits per heavy atom. The fourth-order valence-electron chi connectivity index (χ4n) is 2.43. The van der Waals surface area contributed by atoms with Crippen LogP contribution in [0.15, 0.2) is 49.8 Å². The van der Waals surface area contributed by atoms with Crippen LogP contribution < -0.4 is 0 Å². The van der Waals surface area contributed by atoms with E-state index in [1.807, 2.05) is 29.6 Å². The molecular formula is C17H13N3O3S2. The largest absolute Gasteiger partial charge is 0.466 e. The predicted molar refractivity (Wildman–Crippen MR) is 95.9 cm³/mol. The quantitative estimate of drug-likeness (QED) is 0.386. The zero-order valence-corrected chi connectivity index (χ0v) is 14.9. The number of esters is 1. The smallest absolute Gasteiger partial charge is 0.311 e. The highest BCUT2D eigenvalue weighted by Crippen LogP contribution is 2.36. The van der Waals surface area contributed by atoms with E-state index in [9.17, 15) is 4.79 Å². The summed E-state index contributed by atoms with van der Waals surface area (Å²) >= 11 is 2.87. The highest BCUT2D eigenvalue weighted by Gasteiger charge is 2.16. The summed E-state index contributed by atoms with van der Waals surface area (Å²) in [5, 5.41) is 3.53. The molecule has 0 saturated carbocycles. The maximum Gasteiger partial charge on any atom is 0.311 e. The number of carbonyl (C=O) groups excluding carboxylic acids is 1. The van der Waals surface area contributed by atoms with Crippen molar-refractivity contribution in [2.75, 3.05) is 6.61 Å². The Morgan fingerprint density at radius 2 is 2.20 bits per heavy atom. The normalized spacial score (nSPS) is 11.2. The molecule has 3 heterocycles. The first-order valence-electron chi connectivity index (χ1n) is 7.64. The lowest BCUT2D eigenvalue weighted by molar-refractivity contribution is -0.142. The summed E-state index contributed by atoms with van der Waals surface area (Å²) in [7, 11) is 0. The van der Waals surface area contributed by atoms with Crippen LogP contribution in [-0.2, 0) is 16.0 Å². The Kier molecular flexibility index (Phi) is 4.37. The van der Waals surface area contributed by atoms with Crippen molar-refractivity contribution in [3.63, 3.8) is 0 Å². The topological polar surface area (TPSA) is 78.1 Å². The van der Waals surface area contributed by atoms with E-state index in [2.05, 4.69) is 15.0 Å². The average Bonchev–Trinajstić information content (AvgIpc) is 3.20. The molecule has 126 valence electrons. The van der Waals surface area contributed by atoms with E-state index in [-0.39, 0.29) is 12.4 Å². The minimum absolute atomic E-state index is 0.175. The predicted octanol–water partition coefficient (Wildman–Crippen LogP) is 4.09. The number of ether oxygens (including phenoxy) is 1. The molecule has 0 aliphatic heterocycles. The van der Waals surface area contributed by atoms with Crippen LogP contribution in [0.25, 0.3) is 22.1 Å². The molecule has 3 aromatic heterocycles. The van der Waals surface area contributed by atoms with Gasteiger partial charge in [-0.25, -0.2) is 15.0 Å². The van der Waals surface area contributed by atoms with Gasteiger partial charge in [-0.05, 0) is 30.8 Å². The van der Waals surface area contributed by atoms with Gasteiger partial charge in [0, 0.05) is 10.8 Å². The second-order valence-electron chi connectivity index (χ2n) is 5.14. The summed E-state index contributed by atoms with van der Waals surface area (Å²) in [4.78, 5) is 24.7. The van der Waals surface area contributed by atoms with Crippen LogP contribution in [0.2, 0.25) is 0 Å². The van der Waals surface area contributed by atoms with Crippen molar-refractivity contribution >= 4 is 51.1 Å². The van der Waals surface area contributed by atoms with Crippen molar-refractivity contribution in [1.82, 2.24) is 15.0 Å². The summed E-state index contributed by atoms with van der Waals surface area (Å²) < 4.78 is 11.7. The molecule has 0 N–H and O–H groups in total. The van der Waals surface area contributed by atoms with Crippen molar-refractivity contribution < 1.29 is 13.9 Å². The molecule has 8 heteroatoms. The highest BCUT2D eigenvalue weighted by atomic mass is 32.2. The zero-order valence-electron chi connectivity index (χ0n) is 13.3. The Hall–Kier alpha value is -2.45. The number of aromatic nitrogens is 3. The van der Waals surface area contributed by atoms with Crippen LogP contribution in [0.1, 0.15) is 12.6 Å². The van der Waals surface area contributed by atoms with Gasteiger partial charge in [0.1, 0.15) is 22.5 Å². The van der Waals surface area contributed by atoms with Crippen LogP contribution in [0, 0.1) is 0 Å². The fourth-order valence-corrected chi connectivity index (χ4v) is 4.21. The number of benzene rings is 1. The standard InChI is InChI=1S/C17H13N3O3S2/c1-2-22-13(21)7-10-8-24-17(20-10)25-16-15-14(18-9-19-16)11-5-3-4-6-12(11)23-15/h3-6,8-9H,2,7H2,1H3. The maximum absolute atomic E-state index is 11.6. The molecule has 0 unspecified atom stereocenters. The Morgan fingerprint density at radius 3 is 3.08 bits per heavy atom. The maximum atomic E-state index is 11.6. The van der Waals surface area contributed by atoms with E-state index in [4.69, 9.17) is 9.15 Å². The molecule has 25 heavy (non-hydrogen) atoms. The van der Waals surface area contributed by atoms with Gasteiger partial charge in [-0.2, -0.15) is 0 Å². The first-order valence-corrected chi connectivity index (χ1v) is 9.34. The molecule has 4 aromatic rings. The first kappa shape index (κ1) is 16.0. The molecule has 0 aliphatic rings. The van der Waals surface area contributed by atoms with E-state index in [1.165, 1.54) is 29.4 Å². The van der Waals surface area contributed by atoms with Crippen molar-refractivity contribution in [2.45, 2.75) is 22.7 Å². The fraction of sp³-hybridized carbons (Fsp3) is 0.176. The van der Waals surface area contributed by atoms with Crippen LogP contribution >= 0.6 is 23.1 Å². The van der Waals surface area contributed by atoms with Crippen molar-refractivity contribution in [2.24, 2.45) is 0 Å². The number of fused-ring (bicyclic) bond motifs is 3. The van der Waals surface area contributed by atoms with Gasteiger partial charge in [0.2, 0.25) is 0 Å². The number of nitrogens with zero attached hydrogens (tertiary/aromatic N) is 3. The van der Waals surface area contributed by atoms with Gasteiger partial charge in [0.05, 0.1) is 18.7 Å². The first-order chi connectivity index (χ1) is 12.2. The van der Waals surface area contributed by atoms with Gasteiger partial charge < -0.3 is 9.15 Å². The lowest BCUT2D eigenvalue weighted by atomic mass is 10.2. The molecule has 0 fully saturated rings. The molecule has 0 atom stereocenters. The molecule has 0 spiro atoms. The van der Waals surface area contributed by atoms with Crippen LogP contribution in [0.4, 0.5) is 0 Å². The van der Waals surface area contributed by atoms with Gasteiger partial charge in [0.25, 0.3) is 0 Å². The van der Waals surface area contributed by atoms with Gasteiger partial charge in [0.15, 0.2) is 9.92 Å². The minimum Gasteiger partial charge on any atom is -0.466 e. The molecular weight excluding hydrogens is 358 g/mol. The van der Waals surface area contributed by atoms with Crippen LogP contribution in [-0.4, -0.2) is 27.5 Å². The lowest BCUT2D eigenvalue weighted by Gasteiger charge is -1.98. The second-order valence-corrected chi connectivity index (χ2v) is 7.24. The third-order valence-corrected chi connectivity index (χ3v) is 5.44. The van der Waals surface area contributed by atoms with E-state index in [0.29, 0.717) is 22.9 Å². The van der Waals surface area contributed by atoms with Crippen LogP contribution in [0.5, 0.6) is 0 Å². The van der Waals surface area contributed by atoms with Gasteiger partial charge in [-0.1, -0.05) is 12.1 Å². The Labute approximate surface area is 151 Å². The number of hydrogen-bond acceptors (Lipinski definition) is 8. The third kappa shape index (κ3) is 3.22. The summed E-state index contributed by atoms with van der Waals surface area (Å²) in [5.74, 6) is -0.272. The van der Waals surface area contributed by atoms with Gasteiger partial charge >= 0.3 is 5.97 Å². The molecule has 0 amide bonds. The second kappa shape index (κ2) is 6.81. The van der Waals surface area contributed by atoms with Gasteiger partial charge in [-0.15, -0.1) is 11.3 Å². The number of hydrogen-bond donors (Lipinski definition) is 0. The van der Waals surface area contributed by atoms with Crippen molar-refractivity contribution in [3.8, 4) is 0 Å². The highest BCUT2D eigenvalue weighted by molar-refractivity contribution is 8.01. The summed E-state index contributed by atoms with van der Waals surface area (Å²) in [6.45, 7) is 2.16. The summed E-state index contributed by atoms with van der Waals surface area (Å²) in [6, 6.07) is 7.76. The zero-order chi connectivity index (χ0) is 17.2. The number of rotatable bonds is 5. The number of para-hydroxylation sites is 1. The van der Waals surface area contributed by atoms with E-state index < -0.39 is 0 Å². The van der Waals surface area contributed by atoms with Gasteiger partial charge in [-0.3, -0.25) is 4.79 Å². The van der Waals surface area contributed by atoms with Crippen LogP contribution in [0.3, 0.4) is 0 Å². The Bertz CT molecular complexity index is 1060. The number of furan rings is 1. The average molecular weight is 371 g/mol. The summed E-state index contributed by atoms with van der Waals surface area (Å²) in [5.41, 5.74) is 2.91. The molecule has 4 rings (SSSR count). The molecule has 1 aromatic carbocycles. The monoisotopic (exact) mass is 371 g/mol. The van der Waals surface area contributed by atoms with Crippen molar-refractivity contribution in [3.05, 3.63) is 41.7 Å². The van der Waals surface area contributed by atoms with E-state index in [0.717, 1.165) is 20.8 Å². The lowest BCUT2D eigenvalue weighted by Crippen LogP contribution is -2.07. The van der Waals surface area contributed by atoms with E-state index >= 15 is 0 Å². The Balaban J connectivity index is 1.63. The molecule has 0 bridgehead atoms. The van der Waals surface area contributed by atoms with E-state index in [1.54, 1.807) is 6.92 Å². The summed E-state index contributed by atoms with van der Waals surface area (Å²) in [6.07, 6.45) is 1.70. The molecule has 0 saturated heterocycles. The SMILES string of the molecule is CCOC(=O)Cc1csc(Sc2ncnc3c2oc2ccccc23)n1. The minimum atomic E-state index is -0.272. The molecule has 0 aliphatic carbocycles. The number of carbonyl (C=O) groups is 1. The molecule has 0 radical (unpaired) electrons. The van der Waals surface area contributed by atoms with Crippen molar-refractivity contribution in [1.29, 1.82) is 0 Å².